The van der Waals surface area contributed by atoms with Gasteiger partial charge in [-0.05, 0) is 100 Å². The van der Waals surface area contributed by atoms with Crippen LogP contribution in [0.15, 0.2) is 133 Å². The van der Waals surface area contributed by atoms with Crippen LogP contribution in [-0.4, -0.2) is 0 Å². The zero-order chi connectivity index (χ0) is 26.9. The molecule has 0 saturated heterocycles. The molecule has 2 heteroatoms. The van der Waals surface area contributed by atoms with Crippen molar-refractivity contribution in [2.24, 2.45) is 5.92 Å². The summed E-state index contributed by atoms with van der Waals surface area (Å²) < 4.78 is 0. The number of aryl methyl sites for hydroxylation is 2. The summed E-state index contributed by atoms with van der Waals surface area (Å²) in [7, 11) is 0. The molecule has 2 aromatic carbocycles. The molecule has 0 aromatic heterocycles. The van der Waals surface area contributed by atoms with Crippen LogP contribution in [0, 0.1) is 19.8 Å². The lowest BCUT2D eigenvalue weighted by molar-refractivity contribution is 0.810. The van der Waals surface area contributed by atoms with Crippen molar-refractivity contribution in [2.45, 2.75) is 54.4 Å². The molecule has 0 N–H and O–H groups in total. The second-order valence-corrected chi connectivity index (χ2v) is 9.91. The Morgan fingerprint density at radius 3 is 2.08 bits per heavy atom. The van der Waals surface area contributed by atoms with Gasteiger partial charge in [-0.3, -0.25) is 0 Å². The van der Waals surface area contributed by atoms with Gasteiger partial charge in [0.2, 0.25) is 0 Å². The summed E-state index contributed by atoms with van der Waals surface area (Å²) in [5.41, 5.74) is 10.9. The molecule has 0 saturated carbocycles. The van der Waals surface area contributed by atoms with Crippen molar-refractivity contribution in [3.05, 3.63) is 144 Å². The molecule has 0 spiro atoms. The molecule has 192 valence electrons. The lowest BCUT2D eigenvalue weighted by atomic mass is 10.00. The highest BCUT2D eigenvalue weighted by Gasteiger charge is 2.23. The van der Waals surface area contributed by atoms with Crippen LogP contribution in [0.1, 0.15) is 51.7 Å². The average Bonchev–Trinajstić information content (AvgIpc) is 2.88. The average molecular weight is 491 g/mol. The first-order valence-electron chi connectivity index (χ1n) is 13.2. The van der Waals surface area contributed by atoms with E-state index in [-0.39, 0.29) is 0 Å². The molecule has 3 rings (SSSR count). The topological polar surface area (TPSA) is 6.48 Å². The van der Waals surface area contributed by atoms with Crippen molar-refractivity contribution >= 4 is 11.4 Å². The Balaban J connectivity index is 2.13. The summed E-state index contributed by atoms with van der Waals surface area (Å²) in [5.74, 6) is 0.486. The number of nitrogens with zero attached hydrogens (tertiary/aromatic N) is 2. The molecule has 0 heterocycles. The summed E-state index contributed by atoms with van der Waals surface area (Å²) >= 11 is 0. The molecule has 2 nitrogen and oxygen atoms in total. The molecule has 37 heavy (non-hydrogen) atoms. The lowest BCUT2D eigenvalue weighted by Gasteiger charge is -2.35. The summed E-state index contributed by atoms with van der Waals surface area (Å²) in [6, 6.07) is 17.3. The van der Waals surface area contributed by atoms with Crippen LogP contribution in [0.2, 0.25) is 0 Å². The SMILES string of the molecule is C=C/C=C(\C=C)N(C1=CC=C(N(C(=C/C)/C(C)=C\C(C)C)c2ccccc2)CC1)c1ccc(C)cc1C. The Bertz CT molecular complexity index is 1270. The fourth-order valence-electron chi connectivity index (χ4n) is 5.01. The molecule has 2 aromatic rings. The molecule has 0 atom stereocenters. The number of para-hydroxylation sites is 1. The minimum Gasteiger partial charge on any atom is -0.314 e. The zero-order valence-corrected chi connectivity index (χ0v) is 23.5. The van der Waals surface area contributed by atoms with Crippen LogP contribution in [0.5, 0.6) is 0 Å². The van der Waals surface area contributed by atoms with Crippen molar-refractivity contribution in [2.75, 3.05) is 9.80 Å². The van der Waals surface area contributed by atoms with Crippen molar-refractivity contribution in [1.82, 2.24) is 0 Å². The first-order chi connectivity index (χ1) is 17.8. The predicted octanol–water partition coefficient (Wildman–Crippen LogP) is 9.94. The minimum absolute atomic E-state index is 0.486. The van der Waals surface area contributed by atoms with Crippen LogP contribution in [0.3, 0.4) is 0 Å². The van der Waals surface area contributed by atoms with Crippen LogP contribution in [0.25, 0.3) is 0 Å². The molecule has 1 aliphatic rings. The minimum atomic E-state index is 0.486. The third-order valence-corrected chi connectivity index (χ3v) is 6.55. The van der Waals surface area contributed by atoms with E-state index in [0.717, 1.165) is 18.5 Å². The molecule has 0 radical (unpaired) electrons. The Hall–Kier alpha value is -3.78. The quantitative estimate of drug-likeness (QED) is 0.306. The van der Waals surface area contributed by atoms with Gasteiger partial charge < -0.3 is 9.80 Å². The maximum Gasteiger partial charge on any atom is 0.0487 e. The van der Waals surface area contributed by atoms with E-state index in [1.807, 2.05) is 18.2 Å². The van der Waals surface area contributed by atoms with E-state index in [4.69, 9.17) is 0 Å². The highest BCUT2D eigenvalue weighted by atomic mass is 15.2. The van der Waals surface area contributed by atoms with Crippen molar-refractivity contribution in [3.63, 3.8) is 0 Å². The molecule has 0 bridgehead atoms. The van der Waals surface area contributed by atoms with Crippen LogP contribution < -0.4 is 9.80 Å². The van der Waals surface area contributed by atoms with Gasteiger partial charge in [0.1, 0.15) is 0 Å². The first-order valence-corrected chi connectivity index (χ1v) is 13.2. The van der Waals surface area contributed by atoms with E-state index in [9.17, 15) is 0 Å². The fourth-order valence-corrected chi connectivity index (χ4v) is 5.01. The summed E-state index contributed by atoms with van der Waals surface area (Å²) in [5, 5.41) is 0. The van der Waals surface area contributed by atoms with Gasteiger partial charge in [-0.1, -0.05) is 81.1 Å². The van der Waals surface area contributed by atoms with E-state index in [2.05, 4.69) is 137 Å². The highest BCUT2D eigenvalue weighted by Crippen LogP contribution is 2.37. The van der Waals surface area contributed by atoms with E-state index >= 15 is 0 Å². The molecule has 0 aliphatic heterocycles. The molecule has 0 unspecified atom stereocenters. The lowest BCUT2D eigenvalue weighted by Crippen LogP contribution is -2.27. The van der Waals surface area contributed by atoms with Gasteiger partial charge in [-0.2, -0.15) is 0 Å². The predicted molar refractivity (Wildman–Crippen MR) is 164 cm³/mol. The van der Waals surface area contributed by atoms with Crippen LogP contribution in [0.4, 0.5) is 11.4 Å². The van der Waals surface area contributed by atoms with E-state index < -0.39 is 0 Å². The zero-order valence-electron chi connectivity index (χ0n) is 23.5. The summed E-state index contributed by atoms with van der Waals surface area (Å²) in [6.07, 6.45) is 16.7. The number of rotatable bonds is 10. The van der Waals surface area contributed by atoms with Crippen LogP contribution >= 0.6 is 0 Å². The normalized spacial score (nSPS) is 14.7. The monoisotopic (exact) mass is 490 g/mol. The Morgan fingerprint density at radius 2 is 1.57 bits per heavy atom. The van der Waals surface area contributed by atoms with Gasteiger partial charge in [-0.25, -0.2) is 0 Å². The summed E-state index contributed by atoms with van der Waals surface area (Å²) in [4.78, 5) is 4.74. The molecular weight excluding hydrogens is 448 g/mol. The van der Waals surface area contributed by atoms with E-state index in [1.54, 1.807) is 0 Å². The Labute approximate surface area is 225 Å². The number of benzene rings is 2. The first kappa shape index (κ1) is 27.8. The Morgan fingerprint density at radius 1 is 0.919 bits per heavy atom. The maximum absolute atomic E-state index is 4.11. The van der Waals surface area contributed by atoms with Gasteiger partial charge in [0.25, 0.3) is 0 Å². The van der Waals surface area contributed by atoms with E-state index in [1.165, 1.54) is 45.2 Å². The van der Waals surface area contributed by atoms with Gasteiger partial charge in [0.15, 0.2) is 0 Å². The fraction of sp³-hybridized carbons (Fsp3) is 0.257. The third kappa shape index (κ3) is 6.71. The highest BCUT2D eigenvalue weighted by molar-refractivity contribution is 5.67. The second kappa shape index (κ2) is 13.0. The molecular formula is C35H42N2. The number of hydrogen-bond donors (Lipinski definition) is 0. The van der Waals surface area contributed by atoms with Gasteiger partial charge >= 0.3 is 0 Å². The second-order valence-electron chi connectivity index (χ2n) is 9.91. The van der Waals surface area contributed by atoms with Gasteiger partial charge in [-0.15, -0.1) is 0 Å². The molecule has 0 amide bonds. The standard InChI is InChI=1S/C35H42N2/c1-9-15-30(10-2)36(35-23-18-27(6)25-29(35)8)32-19-21-33(22-20-32)37(31-16-13-12-14-17-31)34(11-3)28(7)24-26(4)5/h9-19,21,23-26H,1-2,20,22H2,3-8H3/b28-24-,30-15+,34-11+. The van der Waals surface area contributed by atoms with Gasteiger partial charge in [0, 0.05) is 34.2 Å². The summed E-state index contributed by atoms with van der Waals surface area (Å²) in [6.45, 7) is 21.2. The third-order valence-electron chi connectivity index (χ3n) is 6.55. The largest absolute Gasteiger partial charge is 0.314 e. The number of hydrogen-bond acceptors (Lipinski definition) is 2. The van der Waals surface area contributed by atoms with Crippen molar-refractivity contribution < 1.29 is 0 Å². The van der Waals surface area contributed by atoms with Gasteiger partial charge in [0.05, 0.1) is 0 Å². The molecule has 0 fully saturated rings. The molecule has 1 aliphatic carbocycles. The van der Waals surface area contributed by atoms with E-state index in [0.29, 0.717) is 5.92 Å². The smallest absolute Gasteiger partial charge is 0.0487 e. The van der Waals surface area contributed by atoms with Crippen molar-refractivity contribution in [3.8, 4) is 0 Å². The van der Waals surface area contributed by atoms with Crippen molar-refractivity contribution in [1.29, 1.82) is 0 Å². The van der Waals surface area contributed by atoms with Crippen LogP contribution in [-0.2, 0) is 0 Å². The number of anilines is 2. The number of allylic oxidation sites excluding steroid dienone is 10. The Kier molecular flexibility index (Phi) is 9.74. The maximum atomic E-state index is 4.11.